The maximum absolute atomic E-state index is 10.3. The van der Waals surface area contributed by atoms with Gasteiger partial charge in [0.25, 0.3) is 0 Å². The largest absolute Gasteiger partial charge is 0.463 e. The Bertz CT molecular complexity index is 146. The first-order chi connectivity index (χ1) is 5.58. The summed E-state index contributed by atoms with van der Waals surface area (Å²) in [5.74, 6) is -0.232. The highest BCUT2D eigenvalue weighted by molar-refractivity contribution is 7.16. The topological polar surface area (TPSA) is 63.6 Å². The molecule has 0 bridgehead atoms. The number of hydrogen-bond acceptors (Lipinski definition) is 3. The maximum Gasteiger partial charge on any atom is 0.302 e. The molecule has 0 radical (unpaired) electrons. The number of ether oxygens (including phenoxy) is 1. The van der Waals surface area contributed by atoms with Crippen molar-refractivity contribution in [1.29, 1.82) is 0 Å². The zero-order valence-electron chi connectivity index (χ0n) is 7.32. The Morgan fingerprint density at radius 3 is 2.50 bits per heavy atom. The monoisotopic (exact) mass is 194 g/mol. The van der Waals surface area contributed by atoms with Gasteiger partial charge in [0, 0.05) is 13.3 Å². The summed E-state index contributed by atoms with van der Waals surface area (Å²) >= 11 is 0. The molecule has 0 saturated heterocycles. The van der Waals surface area contributed by atoms with Crippen LogP contribution in [0.15, 0.2) is 12.7 Å². The molecular formula is C7H15O4P. The Labute approximate surface area is 73.5 Å². The second-order valence-corrected chi connectivity index (χ2v) is 2.26. The van der Waals surface area contributed by atoms with Crippen molar-refractivity contribution in [3.05, 3.63) is 12.7 Å². The van der Waals surface area contributed by atoms with E-state index in [-0.39, 0.29) is 12.1 Å². The second kappa shape index (κ2) is 10.4. The average Bonchev–Trinajstić information content (AvgIpc) is 1.87. The van der Waals surface area contributed by atoms with E-state index in [1.165, 1.54) is 6.92 Å². The molecule has 0 amide bonds. The molecule has 0 heterocycles. The molecule has 2 unspecified atom stereocenters. The highest BCUT2D eigenvalue weighted by Crippen LogP contribution is 1.96. The summed E-state index contributed by atoms with van der Waals surface area (Å²) in [4.78, 5) is 17.4. The lowest BCUT2D eigenvalue weighted by Crippen LogP contribution is -2.10. The Kier molecular flexibility index (Phi) is 12.1. The van der Waals surface area contributed by atoms with Gasteiger partial charge in [-0.05, 0) is 6.92 Å². The van der Waals surface area contributed by atoms with Crippen molar-refractivity contribution in [2.45, 2.75) is 26.4 Å². The SMILES string of the molecule is C=CCC(C)OC(C)=O.O=[PH2]O. The summed E-state index contributed by atoms with van der Waals surface area (Å²) in [6, 6.07) is 0. The van der Waals surface area contributed by atoms with Crippen molar-refractivity contribution in [3.8, 4) is 0 Å². The molecule has 12 heavy (non-hydrogen) atoms. The average molecular weight is 194 g/mol. The number of esters is 1. The molecule has 5 heteroatoms. The maximum atomic E-state index is 10.3. The minimum Gasteiger partial charge on any atom is -0.463 e. The number of carbonyl (C=O) groups excluding carboxylic acids is 1. The lowest BCUT2D eigenvalue weighted by molar-refractivity contribution is -0.145. The minimum absolute atomic E-state index is 0.0278. The van der Waals surface area contributed by atoms with Crippen LogP contribution in [0.1, 0.15) is 20.3 Å². The predicted molar refractivity (Wildman–Crippen MR) is 48.7 cm³/mol. The Morgan fingerprint density at radius 2 is 2.25 bits per heavy atom. The molecule has 0 aliphatic carbocycles. The molecule has 0 aliphatic rings. The minimum atomic E-state index is -1.50. The van der Waals surface area contributed by atoms with Crippen LogP contribution >= 0.6 is 8.69 Å². The Hall–Kier alpha value is -0.600. The normalized spacial score (nSPS) is 11.6. The van der Waals surface area contributed by atoms with E-state index < -0.39 is 8.69 Å². The highest BCUT2D eigenvalue weighted by Gasteiger charge is 2.00. The molecular weight excluding hydrogens is 179 g/mol. The van der Waals surface area contributed by atoms with Gasteiger partial charge in [-0.3, -0.25) is 9.36 Å². The quantitative estimate of drug-likeness (QED) is 0.416. The fraction of sp³-hybridized carbons (Fsp3) is 0.571. The first kappa shape index (κ1) is 14.0. The summed E-state index contributed by atoms with van der Waals surface area (Å²) in [6.45, 7) is 6.76. The van der Waals surface area contributed by atoms with E-state index in [1.807, 2.05) is 6.92 Å². The van der Waals surface area contributed by atoms with E-state index in [0.717, 1.165) is 6.42 Å². The number of rotatable bonds is 3. The van der Waals surface area contributed by atoms with Crippen LogP contribution in [0.3, 0.4) is 0 Å². The highest BCUT2D eigenvalue weighted by atomic mass is 31.1. The molecule has 0 aromatic carbocycles. The summed E-state index contributed by atoms with van der Waals surface area (Å²) in [5.41, 5.74) is 0. The van der Waals surface area contributed by atoms with Crippen molar-refractivity contribution in [1.82, 2.24) is 0 Å². The van der Waals surface area contributed by atoms with E-state index in [0.29, 0.717) is 0 Å². The van der Waals surface area contributed by atoms with Crippen molar-refractivity contribution in [2.75, 3.05) is 0 Å². The van der Waals surface area contributed by atoms with E-state index in [1.54, 1.807) is 6.08 Å². The van der Waals surface area contributed by atoms with E-state index in [2.05, 4.69) is 6.58 Å². The van der Waals surface area contributed by atoms with E-state index in [9.17, 15) is 4.79 Å². The van der Waals surface area contributed by atoms with Gasteiger partial charge in [-0.1, -0.05) is 6.08 Å². The molecule has 0 saturated carbocycles. The Morgan fingerprint density at radius 1 is 1.83 bits per heavy atom. The van der Waals surface area contributed by atoms with E-state index >= 15 is 0 Å². The fourth-order valence-electron chi connectivity index (χ4n) is 0.566. The van der Waals surface area contributed by atoms with Crippen molar-refractivity contribution >= 4 is 14.7 Å². The van der Waals surface area contributed by atoms with Gasteiger partial charge < -0.3 is 9.63 Å². The van der Waals surface area contributed by atoms with Crippen LogP contribution in [0, 0.1) is 0 Å². The molecule has 0 spiro atoms. The molecule has 0 aromatic heterocycles. The van der Waals surface area contributed by atoms with Gasteiger partial charge in [0.1, 0.15) is 6.10 Å². The van der Waals surface area contributed by atoms with Gasteiger partial charge in [0.05, 0.1) is 0 Å². The van der Waals surface area contributed by atoms with E-state index in [4.69, 9.17) is 14.2 Å². The second-order valence-electron chi connectivity index (χ2n) is 2.05. The van der Waals surface area contributed by atoms with Gasteiger partial charge in [0.15, 0.2) is 8.69 Å². The fourth-order valence-corrected chi connectivity index (χ4v) is 0.566. The first-order valence-electron chi connectivity index (χ1n) is 3.44. The number of carbonyl (C=O) groups is 1. The molecule has 72 valence electrons. The van der Waals surface area contributed by atoms with Crippen LogP contribution in [-0.4, -0.2) is 17.0 Å². The summed E-state index contributed by atoms with van der Waals surface area (Å²) < 4.78 is 13.3. The van der Waals surface area contributed by atoms with Gasteiger partial charge in [-0.15, -0.1) is 6.58 Å². The zero-order valence-corrected chi connectivity index (χ0v) is 8.47. The lowest BCUT2D eigenvalue weighted by atomic mass is 10.3. The van der Waals surface area contributed by atoms with Crippen molar-refractivity contribution in [3.63, 3.8) is 0 Å². The van der Waals surface area contributed by atoms with Gasteiger partial charge in [-0.25, -0.2) is 0 Å². The molecule has 0 fully saturated rings. The van der Waals surface area contributed by atoms with Crippen LogP contribution in [0.2, 0.25) is 0 Å². The van der Waals surface area contributed by atoms with Crippen molar-refractivity contribution < 1.29 is 19.0 Å². The zero-order chi connectivity index (χ0) is 9.98. The molecule has 4 nitrogen and oxygen atoms in total. The molecule has 0 aliphatic heterocycles. The lowest BCUT2D eigenvalue weighted by Gasteiger charge is -2.07. The molecule has 0 aromatic rings. The van der Waals surface area contributed by atoms with Gasteiger partial charge in [0.2, 0.25) is 0 Å². The standard InChI is InChI=1S/C7H12O2.H3O2P/c1-4-5-6(2)9-7(3)8;1-3-2/h4,6H,1,5H2,2-3H3;3H2,(H,1,2). The summed E-state index contributed by atoms with van der Waals surface area (Å²) in [5, 5.41) is 0. The van der Waals surface area contributed by atoms with Crippen LogP contribution in [0.5, 0.6) is 0 Å². The van der Waals surface area contributed by atoms with Crippen LogP contribution in [0.25, 0.3) is 0 Å². The van der Waals surface area contributed by atoms with Gasteiger partial charge in [-0.2, -0.15) is 0 Å². The van der Waals surface area contributed by atoms with Crippen LogP contribution in [-0.2, 0) is 14.1 Å². The third kappa shape index (κ3) is 16.2. The van der Waals surface area contributed by atoms with Crippen molar-refractivity contribution in [2.24, 2.45) is 0 Å². The summed E-state index contributed by atoms with van der Waals surface area (Å²) in [7, 11) is -1.50. The predicted octanol–water partition coefficient (Wildman–Crippen LogP) is 1.16. The molecule has 1 N–H and O–H groups in total. The first-order valence-corrected chi connectivity index (χ1v) is 4.43. The number of hydrogen-bond donors (Lipinski definition) is 1. The van der Waals surface area contributed by atoms with Gasteiger partial charge >= 0.3 is 5.97 Å². The van der Waals surface area contributed by atoms with Crippen LogP contribution < -0.4 is 0 Å². The van der Waals surface area contributed by atoms with Crippen LogP contribution in [0.4, 0.5) is 0 Å². The Balaban J connectivity index is 0. The molecule has 2 atom stereocenters. The summed E-state index contributed by atoms with van der Waals surface area (Å²) in [6.07, 6.45) is 2.42. The smallest absolute Gasteiger partial charge is 0.302 e. The third-order valence-electron chi connectivity index (χ3n) is 0.866. The molecule has 0 rings (SSSR count). The third-order valence-corrected chi connectivity index (χ3v) is 0.866.